The molecule has 1 aliphatic rings. The molecular weight excluding hydrogens is 379 g/mol. The number of nitrogens with one attached hydrogen (secondary N) is 1. The molecule has 4 nitrogen and oxygen atoms in total. The summed E-state index contributed by atoms with van der Waals surface area (Å²) in [4.78, 5) is 4.18. The van der Waals surface area contributed by atoms with E-state index in [-0.39, 0.29) is 0 Å². The normalized spacial score (nSPS) is 19.4. The second-order valence-corrected chi connectivity index (χ2v) is 7.31. The fourth-order valence-electron chi connectivity index (χ4n) is 3.49. The average molecular weight is 397 g/mol. The lowest BCUT2D eigenvalue weighted by Crippen LogP contribution is -2.28. The van der Waals surface area contributed by atoms with Crippen LogP contribution in [-0.2, 0) is 6.54 Å². The van der Waals surface area contributed by atoms with Crippen molar-refractivity contribution in [2.75, 3.05) is 6.50 Å². The van der Waals surface area contributed by atoms with Crippen molar-refractivity contribution in [2.24, 2.45) is 0 Å². The lowest BCUT2D eigenvalue weighted by Gasteiger charge is -2.27. The number of rotatable bonds is 2. The molecule has 0 aliphatic carbocycles. The van der Waals surface area contributed by atoms with E-state index in [0.29, 0.717) is 16.6 Å². The summed E-state index contributed by atoms with van der Waals surface area (Å²) < 4.78 is 18.8. The zero-order valence-electron chi connectivity index (χ0n) is 16.2. The molecule has 1 atom stereocenters. The summed E-state index contributed by atoms with van der Waals surface area (Å²) in [6.07, 6.45) is 3.47. The Morgan fingerprint density at radius 3 is 2.81 bits per heavy atom. The van der Waals surface area contributed by atoms with Crippen molar-refractivity contribution in [1.82, 2.24) is 19.9 Å². The van der Waals surface area contributed by atoms with Crippen LogP contribution in [-0.4, -0.2) is 21.1 Å². The molecule has 0 bridgehead atoms. The summed E-state index contributed by atoms with van der Waals surface area (Å²) in [7, 11) is 0. The van der Waals surface area contributed by atoms with E-state index in [0.717, 1.165) is 33.5 Å². The van der Waals surface area contributed by atoms with Gasteiger partial charge >= 0.3 is 0 Å². The monoisotopic (exact) mass is 396 g/mol. The molecule has 4 aromatic rings. The molecular formula is C21H16Cl2N4. The first-order valence-electron chi connectivity index (χ1n) is 9.55. The minimum absolute atomic E-state index is 0.421. The highest BCUT2D eigenvalue weighted by molar-refractivity contribution is 6.42. The van der Waals surface area contributed by atoms with Gasteiger partial charge in [0.15, 0.2) is 5.65 Å². The predicted octanol–water partition coefficient (Wildman–Crippen LogP) is 4.94. The number of benzene rings is 2. The van der Waals surface area contributed by atoms with Gasteiger partial charge in [-0.2, -0.15) is 5.10 Å². The molecule has 3 heterocycles. The van der Waals surface area contributed by atoms with Gasteiger partial charge in [-0.1, -0.05) is 41.4 Å². The van der Waals surface area contributed by atoms with Gasteiger partial charge in [0.2, 0.25) is 0 Å². The lowest BCUT2D eigenvalue weighted by molar-refractivity contribution is 0.591. The molecule has 27 heavy (non-hydrogen) atoms. The number of hydrogen-bond acceptors (Lipinski definition) is 3. The maximum Gasteiger partial charge on any atom is 0.155 e. The third-order valence-electron chi connectivity index (χ3n) is 4.86. The number of pyridine rings is 1. The van der Waals surface area contributed by atoms with Crippen LogP contribution in [0.4, 0.5) is 0 Å². The molecule has 0 saturated carbocycles. The predicted molar refractivity (Wildman–Crippen MR) is 108 cm³/mol. The van der Waals surface area contributed by atoms with Gasteiger partial charge in [0.25, 0.3) is 0 Å². The molecule has 134 valence electrons. The van der Waals surface area contributed by atoms with Crippen LogP contribution in [0.5, 0.6) is 0 Å². The zero-order valence-corrected chi connectivity index (χ0v) is 15.7. The first kappa shape index (κ1) is 14.6. The topological polar surface area (TPSA) is 42.2 Å². The van der Waals surface area contributed by atoms with Gasteiger partial charge in [-0.15, -0.1) is 0 Å². The number of hydrogen-bond donors (Lipinski definition) is 1. The average Bonchev–Trinajstić information content (AvgIpc) is 3.17. The number of halogens is 2. The molecule has 2 aromatic heterocycles. The zero-order chi connectivity index (χ0) is 20.2. The van der Waals surface area contributed by atoms with Gasteiger partial charge in [-0.05, 0) is 52.6 Å². The van der Waals surface area contributed by atoms with Crippen molar-refractivity contribution in [3.63, 3.8) is 0 Å². The van der Waals surface area contributed by atoms with Gasteiger partial charge in [-0.25, -0.2) is 9.50 Å². The second-order valence-electron chi connectivity index (χ2n) is 6.50. The van der Waals surface area contributed by atoms with E-state index in [1.165, 1.54) is 6.33 Å². The molecule has 0 radical (unpaired) electrons. The second kappa shape index (κ2) is 6.64. The van der Waals surface area contributed by atoms with E-state index in [2.05, 4.69) is 21.5 Å². The van der Waals surface area contributed by atoms with E-state index < -0.39 is 12.4 Å². The fraction of sp³-hybridized carbons (Fsp3) is 0.143. The Kier molecular flexibility index (Phi) is 3.60. The molecule has 1 aliphatic heterocycles. The van der Waals surface area contributed by atoms with Crippen LogP contribution in [0, 0.1) is 0 Å². The standard InChI is InChI=1S/C21H16Cl2N4/c22-19-5-2-14(8-20(19)23)18-10-24-9-16-7-13(1-4-17(16)18)15-3-6-21-25-12-26-27(21)11-15/h1-8,11-12,18,24H,9-10H2/i10D2. The molecule has 0 fully saturated rings. The lowest BCUT2D eigenvalue weighted by atomic mass is 9.84. The molecule has 6 heteroatoms. The quantitative estimate of drug-likeness (QED) is 0.521. The number of fused-ring (bicyclic) bond motifs is 2. The van der Waals surface area contributed by atoms with Gasteiger partial charge in [0.1, 0.15) is 6.33 Å². The van der Waals surface area contributed by atoms with Crippen LogP contribution in [0.3, 0.4) is 0 Å². The van der Waals surface area contributed by atoms with Crippen LogP contribution in [0.25, 0.3) is 16.8 Å². The summed E-state index contributed by atoms with van der Waals surface area (Å²) in [5.41, 5.74) is 5.63. The minimum Gasteiger partial charge on any atom is -0.312 e. The summed E-state index contributed by atoms with van der Waals surface area (Å²) in [5, 5.41) is 8.11. The first-order valence-corrected chi connectivity index (χ1v) is 9.30. The van der Waals surface area contributed by atoms with E-state index in [1.54, 1.807) is 16.6 Å². The largest absolute Gasteiger partial charge is 0.312 e. The van der Waals surface area contributed by atoms with Crippen molar-refractivity contribution in [2.45, 2.75) is 12.5 Å². The van der Waals surface area contributed by atoms with Crippen molar-refractivity contribution >= 4 is 28.8 Å². The van der Waals surface area contributed by atoms with Crippen LogP contribution >= 0.6 is 23.2 Å². The highest BCUT2D eigenvalue weighted by atomic mass is 35.5. The third-order valence-corrected chi connectivity index (χ3v) is 5.60. The van der Waals surface area contributed by atoms with Gasteiger partial charge in [0, 0.05) is 33.5 Å². The van der Waals surface area contributed by atoms with E-state index >= 15 is 0 Å². The van der Waals surface area contributed by atoms with Crippen LogP contribution in [0.2, 0.25) is 10.0 Å². The van der Waals surface area contributed by atoms with Crippen molar-refractivity contribution in [1.29, 1.82) is 0 Å². The Bertz CT molecular complexity index is 1240. The number of nitrogens with zero attached hydrogens (tertiary/aromatic N) is 3. The smallest absolute Gasteiger partial charge is 0.155 e. The minimum atomic E-state index is -1.61. The summed E-state index contributed by atoms with van der Waals surface area (Å²) >= 11 is 12.3. The third kappa shape index (κ3) is 3.00. The molecule has 2 aromatic carbocycles. The Labute approximate surface area is 169 Å². The Hall–Kier alpha value is -2.40. The molecule has 0 spiro atoms. The maximum atomic E-state index is 8.53. The Morgan fingerprint density at radius 2 is 1.93 bits per heavy atom. The van der Waals surface area contributed by atoms with Crippen LogP contribution < -0.4 is 5.32 Å². The molecule has 0 amide bonds. The van der Waals surface area contributed by atoms with Crippen molar-refractivity contribution in [3.05, 3.63) is 87.8 Å². The Balaban J connectivity index is 1.60. The van der Waals surface area contributed by atoms with Gasteiger partial charge in [-0.3, -0.25) is 0 Å². The molecule has 1 unspecified atom stereocenters. The summed E-state index contributed by atoms with van der Waals surface area (Å²) in [5.74, 6) is -0.493. The summed E-state index contributed by atoms with van der Waals surface area (Å²) in [6, 6.07) is 15.3. The SMILES string of the molecule is [2H]C1([2H])NCc2cc(-c3ccc4ncnn4c3)ccc2C1c1ccc(Cl)c(Cl)c1. The fourth-order valence-corrected chi connectivity index (χ4v) is 3.80. The highest BCUT2D eigenvalue weighted by Gasteiger charge is 2.22. The molecule has 5 rings (SSSR count). The van der Waals surface area contributed by atoms with Crippen LogP contribution in [0.1, 0.15) is 25.3 Å². The Morgan fingerprint density at radius 1 is 1.04 bits per heavy atom. The van der Waals surface area contributed by atoms with E-state index in [1.807, 2.05) is 36.5 Å². The first-order chi connectivity index (χ1) is 13.9. The van der Waals surface area contributed by atoms with Crippen molar-refractivity contribution in [3.8, 4) is 11.1 Å². The van der Waals surface area contributed by atoms with Gasteiger partial charge < -0.3 is 5.32 Å². The highest BCUT2D eigenvalue weighted by Crippen LogP contribution is 2.35. The number of aromatic nitrogens is 3. The molecule has 0 saturated heterocycles. The summed E-state index contributed by atoms with van der Waals surface area (Å²) in [6.45, 7) is -1.16. The van der Waals surface area contributed by atoms with Crippen molar-refractivity contribution < 1.29 is 2.74 Å². The van der Waals surface area contributed by atoms with E-state index in [9.17, 15) is 0 Å². The van der Waals surface area contributed by atoms with Crippen LogP contribution in [0.15, 0.2) is 61.1 Å². The van der Waals surface area contributed by atoms with E-state index in [4.69, 9.17) is 25.9 Å². The van der Waals surface area contributed by atoms with Gasteiger partial charge in [0.05, 0.1) is 10.0 Å². The maximum absolute atomic E-state index is 8.53. The molecule has 1 N–H and O–H groups in total.